The van der Waals surface area contributed by atoms with Gasteiger partial charge < -0.3 is 19.9 Å². The zero-order valence-electron chi connectivity index (χ0n) is 13.0. The smallest absolute Gasteiger partial charge is 0.258 e. The van der Waals surface area contributed by atoms with Crippen LogP contribution in [0.4, 0.5) is 0 Å². The Labute approximate surface area is 129 Å². The van der Waals surface area contributed by atoms with Gasteiger partial charge in [-0.15, -0.1) is 0 Å². The Hall–Kier alpha value is -2.57. The minimum absolute atomic E-state index is 0.0256. The molecule has 1 aromatic rings. The zero-order chi connectivity index (χ0) is 16.5. The summed E-state index contributed by atoms with van der Waals surface area (Å²) in [6, 6.07) is 8.91. The van der Waals surface area contributed by atoms with Gasteiger partial charge in [-0.3, -0.25) is 14.4 Å². The Morgan fingerprint density at radius 1 is 1.05 bits per heavy atom. The van der Waals surface area contributed by atoms with Gasteiger partial charge in [0.15, 0.2) is 6.61 Å². The van der Waals surface area contributed by atoms with Crippen LogP contribution in [0.25, 0.3) is 0 Å². The summed E-state index contributed by atoms with van der Waals surface area (Å²) in [6.45, 7) is -0.367. The van der Waals surface area contributed by atoms with Crippen LogP contribution in [0.2, 0.25) is 0 Å². The van der Waals surface area contributed by atoms with Crippen molar-refractivity contribution in [3.05, 3.63) is 30.3 Å². The Morgan fingerprint density at radius 3 is 2.27 bits per heavy atom. The predicted molar refractivity (Wildman–Crippen MR) is 81.3 cm³/mol. The molecule has 1 N–H and O–H groups in total. The Balaban J connectivity index is 2.28. The first kappa shape index (κ1) is 17.5. The van der Waals surface area contributed by atoms with Gasteiger partial charge in [0.2, 0.25) is 11.8 Å². The van der Waals surface area contributed by atoms with Gasteiger partial charge in [0.05, 0.1) is 13.1 Å². The second kappa shape index (κ2) is 8.66. The molecule has 0 aliphatic rings. The fraction of sp³-hybridized carbons (Fsp3) is 0.400. The van der Waals surface area contributed by atoms with Crippen molar-refractivity contribution in [3.63, 3.8) is 0 Å². The van der Waals surface area contributed by atoms with Gasteiger partial charge in [-0.1, -0.05) is 18.2 Å². The molecule has 7 heteroatoms. The Morgan fingerprint density at radius 2 is 1.68 bits per heavy atom. The molecule has 120 valence electrons. The van der Waals surface area contributed by atoms with Crippen LogP contribution in [0.5, 0.6) is 5.75 Å². The van der Waals surface area contributed by atoms with Crippen LogP contribution in [-0.4, -0.2) is 68.4 Å². The lowest BCUT2D eigenvalue weighted by molar-refractivity contribution is -0.138. The van der Waals surface area contributed by atoms with Crippen molar-refractivity contribution in [3.8, 4) is 5.75 Å². The molecule has 0 saturated carbocycles. The largest absolute Gasteiger partial charge is 0.484 e. The van der Waals surface area contributed by atoms with Crippen LogP contribution >= 0.6 is 0 Å². The number of likely N-dealkylation sites (N-methyl/N-ethyl adjacent to an activating group) is 2. The molecule has 1 rings (SSSR count). The van der Waals surface area contributed by atoms with Crippen molar-refractivity contribution in [1.29, 1.82) is 0 Å². The number of hydrogen-bond donors (Lipinski definition) is 1. The predicted octanol–water partition coefficient (Wildman–Crippen LogP) is -0.272. The average molecular weight is 307 g/mol. The maximum Gasteiger partial charge on any atom is 0.258 e. The molecule has 0 unspecified atom stereocenters. The highest BCUT2D eigenvalue weighted by molar-refractivity contribution is 5.88. The summed E-state index contributed by atoms with van der Waals surface area (Å²) in [6.07, 6.45) is 0. The van der Waals surface area contributed by atoms with E-state index in [0.717, 1.165) is 0 Å². The standard InChI is InChI=1S/C15H21N3O4/c1-17(2)15(21)10-18(3)14(20)9-16-13(19)11-22-12-7-5-4-6-8-12/h4-8H,9-11H2,1-3H3,(H,16,19). The minimum Gasteiger partial charge on any atom is -0.484 e. The van der Waals surface area contributed by atoms with Crippen molar-refractivity contribution < 1.29 is 19.1 Å². The molecule has 0 heterocycles. The lowest BCUT2D eigenvalue weighted by Crippen LogP contribution is -2.43. The summed E-state index contributed by atoms with van der Waals surface area (Å²) < 4.78 is 5.26. The molecule has 0 radical (unpaired) electrons. The molecular weight excluding hydrogens is 286 g/mol. The first-order valence-corrected chi connectivity index (χ1v) is 6.79. The summed E-state index contributed by atoms with van der Waals surface area (Å²) in [5.74, 6) is -0.347. The van der Waals surface area contributed by atoms with Gasteiger partial charge in [0, 0.05) is 21.1 Å². The fourth-order valence-corrected chi connectivity index (χ4v) is 1.46. The first-order chi connectivity index (χ1) is 10.4. The molecule has 3 amide bonds. The third kappa shape index (κ3) is 6.25. The van der Waals surface area contributed by atoms with E-state index < -0.39 is 5.91 Å². The summed E-state index contributed by atoms with van der Waals surface area (Å²) in [4.78, 5) is 37.5. The van der Waals surface area contributed by atoms with Crippen LogP contribution in [0.3, 0.4) is 0 Å². The van der Waals surface area contributed by atoms with Gasteiger partial charge in [0.1, 0.15) is 5.75 Å². The number of hydrogen-bond acceptors (Lipinski definition) is 4. The number of rotatable bonds is 7. The van der Waals surface area contributed by atoms with Crippen molar-refractivity contribution in [2.45, 2.75) is 0 Å². The lowest BCUT2D eigenvalue weighted by Gasteiger charge is -2.19. The highest BCUT2D eigenvalue weighted by atomic mass is 16.5. The first-order valence-electron chi connectivity index (χ1n) is 6.79. The van der Waals surface area contributed by atoms with Gasteiger partial charge in [-0.05, 0) is 12.1 Å². The van der Waals surface area contributed by atoms with Gasteiger partial charge in [0.25, 0.3) is 5.91 Å². The molecule has 0 atom stereocenters. The number of benzene rings is 1. The molecular formula is C15H21N3O4. The van der Waals surface area contributed by atoms with Crippen molar-refractivity contribution >= 4 is 17.7 Å². The molecule has 1 aromatic carbocycles. The van der Waals surface area contributed by atoms with E-state index in [1.165, 1.54) is 16.8 Å². The van der Waals surface area contributed by atoms with Gasteiger partial charge in [-0.2, -0.15) is 0 Å². The summed E-state index contributed by atoms with van der Waals surface area (Å²) in [7, 11) is 4.74. The number of para-hydroxylation sites is 1. The van der Waals surface area contributed by atoms with Crippen molar-refractivity contribution in [2.75, 3.05) is 40.8 Å². The second-order valence-electron chi connectivity index (χ2n) is 4.92. The van der Waals surface area contributed by atoms with Crippen LogP contribution < -0.4 is 10.1 Å². The third-order valence-electron chi connectivity index (χ3n) is 2.85. The van der Waals surface area contributed by atoms with E-state index in [9.17, 15) is 14.4 Å². The number of ether oxygens (including phenoxy) is 1. The van der Waals surface area contributed by atoms with Gasteiger partial charge in [-0.25, -0.2) is 0 Å². The van der Waals surface area contributed by atoms with E-state index in [0.29, 0.717) is 5.75 Å². The zero-order valence-corrected chi connectivity index (χ0v) is 13.0. The topological polar surface area (TPSA) is 79.0 Å². The van der Waals surface area contributed by atoms with E-state index in [2.05, 4.69) is 5.32 Å². The fourth-order valence-electron chi connectivity index (χ4n) is 1.46. The van der Waals surface area contributed by atoms with Crippen molar-refractivity contribution in [2.24, 2.45) is 0 Å². The quantitative estimate of drug-likeness (QED) is 0.752. The monoisotopic (exact) mass is 307 g/mol. The van der Waals surface area contributed by atoms with Crippen molar-refractivity contribution in [1.82, 2.24) is 15.1 Å². The Kier molecular flexibility index (Phi) is 6.88. The number of nitrogens with zero attached hydrogens (tertiary/aromatic N) is 2. The molecule has 7 nitrogen and oxygen atoms in total. The number of carbonyl (C=O) groups is 3. The van der Waals surface area contributed by atoms with E-state index in [1.807, 2.05) is 6.07 Å². The van der Waals surface area contributed by atoms with E-state index >= 15 is 0 Å². The van der Waals surface area contributed by atoms with Crippen LogP contribution in [0.1, 0.15) is 0 Å². The lowest BCUT2D eigenvalue weighted by atomic mass is 10.3. The number of carbonyl (C=O) groups excluding carboxylic acids is 3. The molecule has 0 aliphatic carbocycles. The molecule has 0 fully saturated rings. The Bertz CT molecular complexity index is 517. The van der Waals surface area contributed by atoms with E-state index in [-0.39, 0.29) is 31.5 Å². The average Bonchev–Trinajstić information content (AvgIpc) is 2.51. The van der Waals surface area contributed by atoms with Crippen LogP contribution in [0, 0.1) is 0 Å². The van der Waals surface area contributed by atoms with Gasteiger partial charge >= 0.3 is 0 Å². The molecule has 22 heavy (non-hydrogen) atoms. The molecule has 0 spiro atoms. The third-order valence-corrected chi connectivity index (χ3v) is 2.85. The summed E-state index contributed by atoms with van der Waals surface area (Å²) in [5, 5.41) is 2.46. The summed E-state index contributed by atoms with van der Waals surface area (Å²) >= 11 is 0. The maximum absolute atomic E-state index is 11.8. The maximum atomic E-state index is 11.8. The molecule has 0 saturated heterocycles. The summed E-state index contributed by atoms with van der Waals surface area (Å²) in [5.41, 5.74) is 0. The molecule has 0 aromatic heterocycles. The van der Waals surface area contributed by atoms with E-state index in [4.69, 9.17) is 4.74 Å². The normalized spacial score (nSPS) is 9.77. The number of amides is 3. The highest BCUT2D eigenvalue weighted by Crippen LogP contribution is 2.07. The molecule has 0 aliphatic heterocycles. The number of nitrogens with one attached hydrogen (secondary N) is 1. The minimum atomic E-state index is -0.399. The van der Waals surface area contributed by atoms with Crippen LogP contribution in [-0.2, 0) is 14.4 Å². The van der Waals surface area contributed by atoms with Crippen LogP contribution in [0.15, 0.2) is 30.3 Å². The van der Waals surface area contributed by atoms with E-state index in [1.54, 1.807) is 38.4 Å². The SMILES string of the molecule is CN(C)C(=O)CN(C)C(=O)CNC(=O)COc1ccccc1. The molecule has 0 bridgehead atoms. The second-order valence-corrected chi connectivity index (χ2v) is 4.92. The highest BCUT2D eigenvalue weighted by Gasteiger charge is 2.15.